The summed E-state index contributed by atoms with van der Waals surface area (Å²) in [5, 5.41) is 0.486. The smallest absolute Gasteiger partial charge is 0.136 e. The first-order valence-corrected chi connectivity index (χ1v) is 8.80. The molecule has 2 aromatic carbocycles. The van der Waals surface area contributed by atoms with Crippen LogP contribution in [0, 0.1) is 0 Å². The molecule has 1 aliphatic heterocycles. The summed E-state index contributed by atoms with van der Waals surface area (Å²) in [5.74, 6) is 0.944. The van der Waals surface area contributed by atoms with Crippen molar-refractivity contribution in [1.29, 1.82) is 0 Å². The monoisotopic (exact) mass is 363 g/mol. The van der Waals surface area contributed by atoms with Gasteiger partial charge in [-0.25, -0.2) is 0 Å². The summed E-state index contributed by atoms with van der Waals surface area (Å²) >= 11 is 5.50. The van der Waals surface area contributed by atoms with E-state index in [1.807, 2.05) is 23.9 Å². The largest absolute Gasteiger partial charge is 0.491 e. The highest BCUT2D eigenvalue weighted by molar-refractivity contribution is 9.10. The molecule has 1 unspecified atom stereocenters. The lowest BCUT2D eigenvalue weighted by atomic mass is 10.1. The highest BCUT2D eigenvalue weighted by Gasteiger charge is 2.22. The normalized spacial score (nSPS) is 16.8. The SMILES string of the molecule is NCCc1cccc(Br)c1OCC1Cc2ccccc2S1. The summed E-state index contributed by atoms with van der Waals surface area (Å²) in [7, 11) is 0. The standard InChI is InChI=1S/C17H18BrNOS/c18-15-6-3-5-12(8-9-19)17(15)20-11-14-10-13-4-1-2-7-16(13)21-14/h1-7,14H,8-11,19H2. The summed E-state index contributed by atoms with van der Waals surface area (Å²) in [6.45, 7) is 1.36. The van der Waals surface area contributed by atoms with E-state index in [-0.39, 0.29) is 0 Å². The Labute approximate surface area is 138 Å². The summed E-state index contributed by atoms with van der Waals surface area (Å²) in [6, 6.07) is 14.7. The van der Waals surface area contributed by atoms with Gasteiger partial charge in [0.1, 0.15) is 12.4 Å². The number of para-hydroxylation sites is 1. The number of thioether (sulfide) groups is 1. The van der Waals surface area contributed by atoms with Crippen molar-refractivity contribution in [2.45, 2.75) is 23.0 Å². The van der Waals surface area contributed by atoms with Crippen LogP contribution in [0.3, 0.4) is 0 Å². The summed E-state index contributed by atoms with van der Waals surface area (Å²) in [4.78, 5) is 1.39. The molecule has 4 heteroatoms. The van der Waals surface area contributed by atoms with E-state index in [0.29, 0.717) is 11.8 Å². The van der Waals surface area contributed by atoms with Gasteiger partial charge >= 0.3 is 0 Å². The minimum atomic E-state index is 0.486. The van der Waals surface area contributed by atoms with Crippen molar-refractivity contribution in [2.75, 3.05) is 13.2 Å². The van der Waals surface area contributed by atoms with Gasteiger partial charge in [0.25, 0.3) is 0 Å². The van der Waals surface area contributed by atoms with Crippen molar-refractivity contribution >= 4 is 27.7 Å². The molecule has 3 rings (SSSR count). The Morgan fingerprint density at radius 1 is 1.19 bits per heavy atom. The topological polar surface area (TPSA) is 35.2 Å². The van der Waals surface area contributed by atoms with Crippen LogP contribution in [-0.4, -0.2) is 18.4 Å². The van der Waals surface area contributed by atoms with Gasteiger partial charge in [-0.15, -0.1) is 11.8 Å². The van der Waals surface area contributed by atoms with E-state index in [9.17, 15) is 0 Å². The fraction of sp³-hybridized carbons (Fsp3) is 0.294. The number of benzene rings is 2. The minimum Gasteiger partial charge on any atom is -0.491 e. The lowest BCUT2D eigenvalue weighted by Gasteiger charge is -2.15. The third-order valence-electron chi connectivity index (χ3n) is 3.59. The number of fused-ring (bicyclic) bond motifs is 1. The van der Waals surface area contributed by atoms with Crippen LogP contribution in [0.1, 0.15) is 11.1 Å². The quantitative estimate of drug-likeness (QED) is 0.870. The Bertz CT molecular complexity index is 607. The molecule has 2 N–H and O–H groups in total. The van der Waals surface area contributed by atoms with Crippen LogP contribution in [0.4, 0.5) is 0 Å². The number of hydrogen-bond donors (Lipinski definition) is 1. The first-order chi connectivity index (χ1) is 10.3. The maximum absolute atomic E-state index is 6.11. The Morgan fingerprint density at radius 2 is 2.05 bits per heavy atom. The molecule has 1 atom stereocenters. The van der Waals surface area contributed by atoms with Gasteiger partial charge in [0.05, 0.1) is 4.47 Å². The van der Waals surface area contributed by atoms with Crippen molar-refractivity contribution in [1.82, 2.24) is 0 Å². The van der Waals surface area contributed by atoms with Crippen LogP contribution in [0.25, 0.3) is 0 Å². The van der Waals surface area contributed by atoms with Crippen LogP contribution in [0.15, 0.2) is 51.8 Å². The Hall–Kier alpha value is -0.970. The Kier molecular flexibility index (Phi) is 4.88. The summed E-state index contributed by atoms with van der Waals surface area (Å²) in [5.41, 5.74) is 8.29. The molecule has 2 nitrogen and oxygen atoms in total. The molecule has 0 radical (unpaired) electrons. The Morgan fingerprint density at radius 3 is 2.86 bits per heavy atom. The molecule has 1 aliphatic rings. The zero-order valence-corrected chi connectivity index (χ0v) is 14.1. The molecule has 0 saturated heterocycles. The fourth-order valence-corrected chi connectivity index (χ4v) is 4.33. The molecule has 0 aliphatic carbocycles. The third kappa shape index (κ3) is 3.44. The fourth-order valence-electron chi connectivity index (χ4n) is 2.59. The number of ether oxygens (including phenoxy) is 1. The zero-order valence-electron chi connectivity index (χ0n) is 11.7. The van der Waals surface area contributed by atoms with Crippen LogP contribution in [-0.2, 0) is 12.8 Å². The number of nitrogens with two attached hydrogens (primary N) is 1. The molecule has 110 valence electrons. The second-order valence-corrected chi connectivity index (χ2v) is 7.33. The van der Waals surface area contributed by atoms with Gasteiger partial charge in [-0.1, -0.05) is 30.3 Å². The lowest BCUT2D eigenvalue weighted by Crippen LogP contribution is -2.15. The molecule has 0 saturated carbocycles. The van der Waals surface area contributed by atoms with Gasteiger partial charge in [0, 0.05) is 10.1 Å². The number of hydrogen-bond acceptors (Lipinski definition) is 3. The number of halogens is 1. The first kappa shape index (κ1) is 14.9. The summed E-state index contributed by atoms with van der Waals surface area (Å²) in [6.07, 6.45) is 1.92. The molecule has 0 spiro atoms. The first-order valence-electron chi connectivity index (χ1n) is 7.12. The lowest BCUT2D eigenvalue weighted by molar-refractivity contribution is 0.312. The zero-order chi connectivity index (χ0) is 14.7. The van der Waals surface area contributed by atoms with E-state index in [1.54, 1.807) is 0 Å². The van der Waals surface area contributed by atoms with Gasteiger partial charge < -0.3 is 10.5 Å². The highest BCUT2D eigenvalue weighted by Crippen LogP contribution is 2.38. The Balaban J connectivity index is 1.67. The van der Waals surface area contributed by atoms with Crippen molar-refractivity contribution in [2.24, 2.45) is 5.73 Å². The minimum absolute atomic E-state index is 0.486. The van der Waals surface area contributed by atoms with Crippen LogP contribution < -0.4 is 10.5 Å². The molecule has 2 aromatic rings. The van der Waals surface area contributed by atoms with Gasteiger partial charge in [-0.2, -0.15) is 0 Å². The van der Waals surface area contributed by atoms with Crippen molar-refractivity contribution in [3.63, 3.8) is 0 Å². The maximum atomic E-state index is 6.11. The van der Waals surface area contributed by atoms with E-state index < -0.39 is 0 Å². The van der Waals surface area contributed by atoms with Gasteiger partial charge in [-0.3, -0.25) is 0 Å². The molecule has 0 bridgehead atoms. The second kappa shape index (κ2) is 6.86. The molecular formula is C17H18BrNOS. The second-order valence-electron chi connectivity index (χ2n) is 5.13. The van der Waals surface area contributed by atoms with E-state index >= 15 is 0 Å². The van der Waals surface area contributed by atoms with Crippen molar-refractivity contribution in [3.05, 3.63) is 58.1 Å². The highest BCUT2D eigenvalue weighted by atomic mass is 79.9. The molecule has 21 heavy (non-hydrogen) atoms. The molecular weight excluding hydrogens is 346 g/mol. The van der Waals surface area contributed by atoms with E-state index in [0.717, 1.165) is 29.7 Å². The van der Waals surface area contributed by atoms with Gasteiger partial charge in [0.15, 0.2) is 0 Å². The average Bonchev–Trinajstić information content (AvgIpc) is 2.90. The average molecular weight is 364 g/mol. The maximum Gasteiger partial charge on any atom is 0.136 e. The molecule has 0 amide bonds. The predicted molar refractivity (Wildman–Crippen MR) is 92.2 cm³/mol. The molecule has 1 heterocycles. The van der Waals surface area contributed by atoms with Crippen LogP contribution in [0.5, 0.6) is 5.75 Å². The van der Waals surface area contributed by atoms with E-state index in [4.69, 9.17) is 10.5 Å². The van der Waals surface area contributed by atoms with Crippen LogP contribution in [0.2, 0.25) is 0 Å². The van der Waals surface area contributed by atoms with E-state index in [1.165, 1.54) is 16.0 Å². The van der Waals surface area contributed by atoms with E-state index in [2.05, 4.69) is 46.3 Å². The van der Waals surface area contributed by atoms with Crippen molar-refractivity contribution < 1.29 is 4.74 Å². The van der Waals surface area contributed by atoms with Gasteiger partial charge in [-0.05, 0) is 58.6 Å². The van der Waals surface area contributed by atoms with Crippen molar-refractivity contribution in [3.8, 4) is 5.75 Å². The predicted octanol–water partition coefficient (Wildman–Crippen LogP) is 4.05. The molecule has 0 aromatic heterocycles. The summed E-state index contributed by atoms with van der Waals surface area (Å²) < 4.78 is 7.12. The van der Waals surface area contributed by atoms with Crippen LogP contribution >= 0.6 is 27.7 Å². The number of rotatable bonds is 5. The molecule has 0 fully saturated rings. The third-order valence-corrected chi connectivity index (χ3v) is 5.50. The van der Waals surface area contributed by atoms with Gasteiger partial charge in [0.2, 0.25) is 0 Å².